The van der Waals surface area contributed by atoms with E-state index in [1.54, 1.807) is 0 Å². The quantitative estimate of drug-likeness (QED) is 0.142. The van der Waals surface area contributed by atoms with E-state index in [0.717, 1.165) is 29.8 Å². The Labute approximate surface area is 458 Å². The van der Waals surface area contributed by atoms with E-state index < -0.39 is 0 Å². The first-order chi connectivity index (χ1) is 38.4. The Kier molecular flexibility index (Phi) is 10.8. The number of benzene rings is 10. The van der Waals surface area contributed by atoms with Gasteiger partial charge in [-0.2, -0.15) is 0 Å². The van der Waals surface area contributed by atoms with Crippen LogP contribution in [0, 0.1) is 0 Å². The molecule has 0 saturated heterocycles. The fourth-order valence-electron chi connectivity index (χ4n) is 14.0. The maximum atomic E-state index is 4.57. The Bertz CT molecular complexity index is 3890. The molecule has 1 fully saturated rings. The van der Waals surface area contributed by atoms with Crippen LogP contribution in [0.5, 0.6) is 0 Å². The highest BCUT2D eigenvalue weighted by Crippen LogP contribution is 2.62. The smallest absolute Gasteiger partial charge is 0.252 e. The summed E-state index contributed by atoms with van der Waals surface area (Å²) in [6, 6.07) is 93.1. The first-order valence-corrected chi connectivity index (χ1v) is 27.8. The Morgan fingerprint density at radius 1 is 0.359 bits per heavy atom. The highest BCUT2D eigenvalue weighted by molar-refractivity contribution is 7.00. The molecule has 4 aliphatic rings. The summed E-state index contributed by atoms with van der Waals surface area (Å²) in [5, 5.41) is 0. The maximum Gasteiger partial charge on any atom is 0.252 e. The highest BCUT2D eigenvalue weighted by Gasteiger charge is 2.58. The molecule has 4 heterocycles. The minimum atomic E-state index is -0.224. The van der Waals surface area contributed by atoms with E-state index in [1.807, 2.05) is 12.4 Å². The van der Waals surface area contributed by atoms with E-state index in [0.29, 0.717) is 0 Å². The molecule has 3 aliphatic heterocycles. The minimum Gasteiger partial charge on any atom is -0.334 e. The van der Waals surface area contributed by atoms with Crippen LogP contribution in [0.2, 0.25) is 0 Å². The van der Waals surface area contributed by atoms with Crippen molar-refractivity contribution in [3.63, 3.8) is 0 Å². The van der Waals surface area contributed by atoms with E-state index in [9.17, 15) is 0 Å². The lowest BCUT2D eigenvalue weighted by molar-refractivity contribution is 0.195. The van der Waals surface area contributed by atoms with Gasteiger partial charge < -0.3 is 14.7 Å². The molecule has 1 aromatic heterocycles. The molecule has 0 N–H and O–H groups in total. The van der Waals surface area contributed by atoms with Gasteiger partial charge in [0.05, 0.1) is 5.54 Å². The van der Waals surface area contributed by atoms with Crippen molar-refractivity contribution >= 4 is 68.6 Å². The third kappa shape index (κ3) is 7.25. The number of hydrogen-bond acceptors (Lipinski definition) is 4. The van der Waals surface area contributed by atoms with Gasteiger partial charge in [-0.15, -0.1) is 0 Å². The Hall–Kier alpha value is -9.19. The lowest BCUT2D eigenvalue weighted by Gasteiger charge is -2.51. The predicted octanol–water partition coefficient (Wildman–Crippen LogP) is 17.2. The number of aromatic nitrogens is 1. The SMILES string of the molecule is CC12CCCCC1(C)N(c1cc3c4c(c1)N(c1cccc(-c5ccccc5)c1)c1cc(-c5ccccc5)ccc1B4c1ccc(-c4ccccc4)cc1N3c1cccc(-c3ccccc3)c1)c1ccc(-c3cccnc3)cc12. The van der Waals surface area contributed by atoms with Gasteiger partial charge in [0.25, 0.3) is 6.71 Å². The van der Waals surface area contributed by atoms with E-state index in [4.69, 9.17) is 0 Å². The van der Waals surface area contributed by atoms with Crippen LogP contribution in [0.1, 0.15) is 45.1 Å². The summed E-state index contributed by atoms with van der Waals surface area (Å²) in [5.41, 5.74) is 26.4. The minimum absolute atomic E-state index is 0.0748. The molecule has 0 radical (unpaired) electrons. The molecule has 10 aromatic carbocycles. The van der Waals surface area contributed by atoms with Gasteiger partial charge in [-0.25, -0.2) is 0 Å². The van der Waals surface area contributed by atoms with Crippen LogP contribution in [-0.2, 0) is 5.41 Å². The van der Waals surface area contributed by atoms with Crippen LogP contribution < -0.4 is 31.1 Å². The second-order valence-electron chi connectivity index (χ2n) is 22.2. The van der Waals surface area contributed by atoms with Gasteiger partial charge >= 0.3 is 0 Å². The molecule has 0 bridgehead atoms. The van der Waals surface area contributed by atoms with Gasteiger partial charge in [0.2, 0.25) is 0 Å². The van der Waals surface area contributed by atoms with Crippen molar-refractivity contribution in [1.82, 2.24) is 4.98 Å². The third-order valence-electron chi connectivity index (χ3n) is 18.1. The molecule has 1 aliphatic carbocycles. The van der Waals surface area contributed by atoms with E-state index >= 15 is 0 Å². The largest absolute Gasteiger partial charge is 0.334 e. The van der Waals surface area contributed by atoms with Gasteiger partial charge in [-0.3, -0.25) is 4.98 Å². The zero-order valence-electron chi connectivity index (χ0n) is 44.0. The number of rotatable bonds is 8. The van der Waals surface area contributed by atoms with Gasteiger partial charge in [-0.1, -0.05) is 202 Å². The molecule has 4 nitrogen and oxygen atoms in total. The summed E-state index contributed by atoms with van der Waals surface area (Å²) in [6.45, 7) is 5.05. The molecular weight excluding hydrogens is 944 g/mol. The first-order valence-electron chi connectivity index (χ1n) is 27.8. The number of fused-ring (bicyclic) bond motifs is 7. The maximum absolute atomic E-state index is 4.57. The number of nitrogens with zero attached hydrogens (tertiary/aromatic N) is 4. The fourth-order valence-corrected chi connectivity index (χ4v) is 14.0. The van der Waals surface area contributed by atoms with Crippen LogP contribution in [0.3, 0.4) is 0 Å². The lowest BCUT2D eigenvalue weighted by atomic mass is 9.33. The molecule has 78 heavy (non-hydrogen) atoms. The van der Waals surface area contributed by atoms with Crippen molar-refractivity contribution in [2.24, 2.45) is 0 Å². The van der Waals surface area contributed by atoms with Gasteiger partial charge in [0.1, 0.15) is 0 Å². The average Bonchev–Trinajstić information content (AvgIpc) is 3.92. The van der Waals surface area contributed by atoms with Crippen LogP contribution in [0.4, 0.5) is 45.5 Å². The van der Waals surface area contributed by atoms with Crippen LogP contribution in [-0.4, -0.2) is 17.2 Å². The topological polar surface area (TPSA) is 22.6 Å². The van der Waals surface area contributed by atoms with Crippen LogP contribution >= 0.6 is 0 Å². The van der Waals surface area contributed by atoms with Gasteiger partial charge in [-0.05, 0) is 164 Å². The molecule has 2 atom stereocenters. The van der Waals surface area contributed by atoms with Crippen molar-refractivity contribution < 1.29 is 0 Å². The van der Waals surface area contributed by atoms with E-state index in [-0.39, 0.29) is 17.7 Å². The van der Waals surface area contributed by atoms with Crippen molar-refractivity contribution in [3.05, 3.63) is 267 Å². The molecule has 15 rings (SSSR count). The van der Waals surface area contributed by atoms with Crippen LogP contribution in [0.15, 0.2) is 261 Å². The number of pyridine rings is 1. The number of hydrogen-bond donors (Lipinski definition) is 0. The Balaban J connectivity index is 1.05. The summed E-state index contributed by atoms with van der Waals surface area (Å²) in [4.78, 5) is 12.6. The summed E-state index contributed by atoms with van der Waals surface area (Å²) in [6.07, 6.45) is 8.44. The first kappa shape index (κ1) is 46.1. The Morgan fingerprint density at radius 2 is 0.808 bits per heavy atom. The summed E-state index contributed by atoms with van der Waals surface area (Å²) in [5.74, 6) is 0. The molecular formula is C73H57BN4. The van der Waals surface area contributed by atoms with Crippen molar-refractivity contribution in [2.45, 2.75) is 50.5 Å². The summed E-state index contributed by atoms with van der Waals surface area (Å²) < 4.78 is 0. The fraction of sp³-hybridized carbons (Fsp3) is 0.110. The molecule has 5 heteroatoms. The van der Waals surface area contributed by atoms with Crippen molar-refractivity contribution in [3.8, 4) is 55.6 Å². The molecule has 0 amide bonds. The highest BCUT2D eigenvalue weighted by atomic mass is 15.3. The van der Waals surface area contributed by atoms with Crippen molar-refractivity contribution in [2.75, 3.05) is 14.7 Å². The number of anilines is 8. The van der Waals surface area contributed by atoms with Gasteiger partial charge in [0.15, 0.2) is 0 Å². The Morgan fingerprint density at radius 3 is 1.31 bits per heavy atom. The van der Waals surface area contributed by atoms with Gasteiger partial charge in [0, 0.05) is 63.3 Å². The van der Waals surface area contributed by atoms with Crippen LogP contribution in [0.25, 0.3) is 55.6 Å². The summed E-state index contributed by atoms with van der Waals surface area (Å²) >= 11 is 0. The van der Waals surface area contributed by atoms with Crippen molar-refractivity contribution in [1.29, 1.82) is 0 Å². The standard InChI is InChI=1S/C73H57BN4/c1-72-39-15-16-40-73(72,2)78(66-38-35-56(44-63(66)72)59-30-19-41-75-49-59)62-47-69-71-70(48-62)77(61-32-18-29-55(43-61)51-22-9-4-10-23-51)68-46-58(53-26-13-6-14-27-53)34-37-65(68)74(71)64-36-33-57(52-24-11-5-12-25-52)45-67(64)76(69)60-31-17-28-54(42-60)50-20-7-3-8-21-50/h3-14,17-38,41-49H,15-16,39-40H2,1-2H3. The monoisotopic (exact) mass is 1000 g/mol. The lowest BCUT2D eigenvalue weighted by Crippen LogP contribution is -2.61. The molecule has 2 unspecified atom stereocenters. The van der Waals surface area contributed by atoms with E-state index in [1.165, 1.54) is 119 Å². The molecule has 0 spiro atoms. The third-order valence-corrected chi connectivity index (χ3v) is 18.1. The zero-order valence-corrected chi connectivity index (χ0v) is 44.0. The molecule has 11 aromatic rings. The zero-order chi connectivity index (χ0) is 52.0. The average molecular weight is 1000 g/mol. The predicted molar refractivity (Wildman–Crippen MR) is 328 cm³/mol. The molecule has 1 saturated carbocycles. The normalized spacial score (nSPS) is 17.7. The summed E-state index contributed by atoms with van der Waals surface area (Å²) in [7, 11) is 0. The second-order valence-corrected chi connectivity index (χ2v) is 22.2. The second kappa shape index (κ2) is 18.2. The molecule has 372 valence electrons. The van der Waals surface area contributed by atoms with E-state index in [2.05, 4.69) is 282 Å².